The first-order chi connectivity index (χ1) is 9.83. The highest BCUT2D eigenvalue weighted by atomic mass is 16.5. The Bertz CT molecular complexity index is 475. The molecule has 0 spiro atoms. The second-order valence-corrected chi connectivity index (χ2v) is 5.88. The molecule has 0 radical (unpaired) electrons. The molecular formula is C16H24N2O3. The summed E-state index contributed by atoms with van der Waals surface area (Å²) in [5.41, 5.74) is 0.801. The van der Waals surface area contributed by atoms with E-state index < -0.39 is 0 Å². The number of hydrogen-bond donors (Lipinski definition) is 2. The third kappa shape index (κ3) is 6.40. The average molecular weight is 292 g/mol. The lowest BCUT2D eigenvalue weighted by Crippen LogP contribution is -2.40. The number of benzene rings is 1. The number of carbonyl (C=O) groups excluding carboxylic acids is 2. The number of carbonyl (C=O) groups is 2. The van der Waals surface area contributed by atoms with Crippen molar-refractivity contribution < 1.29 is 14.3 Å². The van der Waals surface area contributed by atoms with Crippen molar-refractivity contribution in [3.8, 4) is 0 Å². The normalized spacial score (nSPS) is 11.0. The van der Waals surface area contributed by atoms with E-state index in [0.717, 1.165) is 6.42 Å². The Kier molecular flexibility index (Phi) is 6.37. The molecule has 116 valence electrons. The fraction of sp³-hybridized carbons (Fsp3) is 0.500. The van der Waals surface area contributed by atoms with E-state index in [0.29, 0.717) is 24.3 Å². The maximum atomic E-state index is 12.0. The van der Waals surface area contributed by atoms with E-state index in [-0.39, 0.29) is 17.4 Å². The Hall–Kier alpha value is -1.88. The highest BCUT2D eigenvalue weighted by Gasteiger charge is 2.15. The number of rotatable bonds is 6. The molecule has 0 fully saturated rings. The lowest BCUT2D eigenvalue weighted by Gasteiger charge is -2.20. The van der Waals surface area contributed by atoms with Crippen LogP contribution in [-0.4, -0.2) is 37.6 Å². The summed E-state index contributed by atoms with van der Waals surface area (Å²) in [4.78, 5) is 23.8. The van der Waals surface area contributed by atoms with Gasteiger partial charge in [0.25, 0.3) is 11.8 Å². The van der Waals surface area contributed by atoms with E-state index in [1.54, 1.807) is 31.4 Å². The third-order valence-electron chi connectivity index (χ3n) is 2.71. The summed E-state index contributed by atoms with van der Waals surface area (Å²) in [7, 11) is 1.63. The predicted molar refractivity (Wildman–Crippen MR) is 82.5 cm³/mol. The number of amides is 2. The lowest BCUT2D eigenvalue weighted by molar-refractivity contribution is 0.0915. The van der Waals surface area contributed by atoms with Crippen LogP contribution in [0.5, 0.6) is 0 Å². The van der Waals surface area contributed by atoms with E-state index in [1.807, 2.05) is 20.8 Å². The van der Waals surface area contributed by atoms with E-state index in [9.17, 15) is 9.59 Å². The zero-order valence-corrected chi connectivity index (χ0v) is 13.2. The van der Waals surface area contributed by atoms with Crippen LogP contribution >= 0.6 is 0 Å². The molecule has 0 saturated carbocycles. The van der Waals surface area contributed by atoms with Gasteiger partial charge in [-0.2, -0.15) is 0 Å². The zero-order chi connectivity index (χ0) is 15.9. The molecule has 0 saturated heterocycles. The molecule has 0 heterocycles. The summed E-state index contributed by atoms with van der Waals surface area (Å²) in [6.45, 7) is 6.96. The van der Waals surface area contributed by atoms with Crippen molar-refractivity contribution in [1.29, 1.82) is 0 Å². The highest BCUT2D eigenvalue weighted by Crippen LogP contribution is 2.07. The first-order valence-electron chi connectivity index (χ1n) is 7.03. The molecule has 0 aliphatic heterocycles. The van der Waals surface area contributed by atoms with Crippen LogP contribution in [0.3, 0.4) is 0 Å². The van der Waals surface area contributed by atoms with E-state index in [4.69, 9.17) is 4.74 Å². The Morgan fingerprint density at radius 1 is 1.05 bits per heavy atom. The minimum atomic E-state index is -0.283. The summed E-state index contributed by atoms with van der Waals surface area (Å²) in [5.74, 6) is -0.288. The maximum absolute atomic E-state index is 12.0. The van der Waals surface area contributed by atoms with Gasteiger partial charge in [0, 0.05) is 36.9 Å². The van der Waals surface area contributed by atoms with E-state index in [2.05, 4.69) is 10.6 Å². The van der Waals surface area contributed by atoms with Crippen LogP contribution in [0.4, 0.5) is 0 Å². The smallest absolute Gasteiger partial charge is 0.251 e. The molecule has 0 aromatic heterocycles. The summed E-state index contributed by atoms with van der Waals surface area (Å²) in [5, 5.41) is 5.68. The van der Waals surface area contributed by atoms with Crippen LogP contribution in [0.25, 0.3) is 0 Å². The molecule has 5 nitrogen and oxygen atoms in total. The van der Waals surface area contributed by atoms with Crippen molar-refractivity contribution in [2.45, 2.75) is 32.7 Å². The molecule has 1 aromatic carbocycles. The molecule has 0 atom stereocenters. The van der Waals surface area contributed by atoms with Crippen molar-refractivity contribution in [1.82, 2.24) is 10.6 Å². The summed E-state index contributed by atoms with van der Waals surface area (Å²) >= 11 is 0. The summed E-state index contributed by atoms with van der Waals surface area (Å²) < 4.78 is 4.92. The highest BCUT2D eigenvalue weighted by molar-refractivity contribution is 5.98. The first kappa shape index (κ1) is 17.2. The number of methoxy groups -OCH3 is 1. The van der Waals surface area contributed by atoms with E-state index in [1.165, 1.54) is 0 Å². The molecular weight excluding hydrogens is 268 g/mol. The summed E-state index contributed by atoms with van der Waals surface area (Å²) in [6.07, 6.45) is 0.772. The Labute approximate surface area is 126 Å². The van der Waals surface area contributed by atoms with Gasteiger partial charge in [0.2, 0.25) is 0 Å². The van der Waals surface area contributed by atoms with Gasteiger partial charge >= 0.3 is 0 Å². The van der Waals surface area contributed by atoms with Crippen molar-refractivity contribution in [3.63, 3.8) is 0 Å². The monoisotopic (exact) mass is 292 g/mol. The van der Waals surface area contributed by atoms with Crippen LogP contribution in [0.15, 0.2) is 24.3 Å². The molecule has 1 rings (SSSR count). The average Bonchev–Trinajstić information content (AvgIpc) is 2.41. The van der Waals surface area contributed by atoms with Crippen LogP contribution in [0.2, 0.25) is 0 Å². The second kappa shape index (κ2) is 7.78. The minimum Gasteiger partial charge on any atom is -0.385 e. The standard InChI is InChI=1S/C16H24N2O3/c1-16(2,3)18-15(20)13-8-6-12(7-9-13)14(19)17-10-5-11-21-4/h6-9H,5,10-11H2,1-4H3,(H,17,19)(H,18,20). The molecule has 21 heavy (non-hydrogen) atoms. The predicted octanol–water partition coefficient (Wildman–Crippen LogP) is 1.98. The molecule has 5 heteroatoms. The van der Waals surface area contributed by atoms with Gasteiger partial charge in [-0.15, -0.1) is 0 Å². The first-order valence-corrected chi connectivity index (χ1v) is 7.03. The van der Waals surface area contributed by atoms with Crippen LogP contribution < -0.4 is 10.6 Å². The van der Waals surface area contributed by atoms with Crippen molar-refractivity contribution in [2.75, 3.05) is 20.3 Å². The van der Waals surface area contributed by atoms with E-state index >= 15 is 0 Å². The van der Waals surface area contributed by atoms with Gasteiger partial charge in [0.1, 0.15) is 0 Å². The minimum absolute atomic E-state index is 0.144. The van der Waals surface area contributed by atoms with Crippen molar-refractivity contribution >= 4 is 11.8 Å². The topological polar surface area (TPSA) is 67.4 Å². The number of hydrogen-bond acceptors (Lipinski definition) is 3. The van der Waals surface area contributed by atoms with Gasteiger partial charge in [-0.05, 0) is 51.5 Å². The van der Waals surface area contributed by atoms with Gasteiger partial charge in [0.15, 0.2) is 0 Å². The van der Waals surface area contributed by atoms with Gasteiger partial charge in [-0.25, -0.2) is 0 Å². The van der Waals surface area contributed by atoms with Gasteiger partial charge in [0.05, 0.1) is 0 Å². The van der Waals surface area contributed by atoms with Gasteiger partial charge < -0.3 is 15.4 Å². The fourth-order valence-electron chi connectivity index (χ4n) is 1.71. The van der Waals surface area contributed by atoms with Crippen LogP contribution in [0, 0.1) is 0 Å². The molecule has 1 aromatic rings. The largest absolute Gasteiger partial charge is 0.385 e. The second-order valence-electron chi connectivity index (χ2n) is 5.88. The Morgan fingerprint density at radius 3 is 2.05 bits per heavy atom. The van der Waals surface area contributed by atoms with Gasteiger partial charge in [-0.3, -0.25) is 9.59 Å². The lowest BCUT2D eigenvalue weighted by atomic mass is 10.1. The SMILES string of the molecule is COCCCNC(=O)c1ccc(C(=O)NC(C)(C)C)cc1. The fourth-order valence-corrected chi connectivity index (χ4v) is 1.71. The quantitative estimate of drug-likeness (QED) is 0.788. The Balaban J connectivity index is 2.57. The maximum Gasteiger partial charge on any atom is 0.251 e. The molecule has 0 bridgehead atoms. The van der Waals surface area contributed by atoms with Crippen molar-refractivity contribution in [2.24, 2.45) is 0 Å². The molecule has 2 N–H and O–H groups in total. The molecule has 2 amide bonds. The molecule has 0 aliphatic carbocycles. The van der Waals surface area contributed by atoms with Gasteiger partial charge in [-0.1, -0.05) is 0 Å². The molecule has 0 unspecified atom stereocenters. The molecule has 0 aliphatic rings. The number of ether oxygens (including phenoxy) is 1. The van der Waals surface area contributed by atoms with Crippen LogP contribution in [0.1, 0.15) is 47.9 Å². The third-order valence-corrected chi connectivity index (χ3v) is 2.71. The zero-order valence-electron chi connectivity index (χ0n) is 13.2. The van der Waals surface area contributed by atoms with Crippen molar-refractivity contribution in [3.05, 3.63) is 35.4 Å². The Morgan fingerprint density at radius 2 is 1.57 bits per heavy atom. The number of nitrogens with one attached hydrogen (secondary N) is 2. The van der Waals surface area contributed by atoms with Crippen LogP contribution in [-0.2, 0) is 4.74 Å². The summed E-state index contributed by atoms with van der Waals surface area (Å²) in [6, 6.07) is 6.63.